The van der Waals surface area contributed by atoms with Crippen molar-refractivity contribution < 1.29 is 4.39 Å². The predicted octanol–water partition coefficient (Wildman–Crippen LogP) is 7.98. The van der Waals surface area contributed by atoms with E-state index in [4.69, 9.17) is 4.98 Å². The number of alkyl halides is 1. The molecule has 0 unspecified atom stereocenters. The second-order valence-electron chi connectivity index (χ2n) is 8.68. The van der Waals surface area contributed by atoms with Crippen LogP contribution in [0.25, 0.3) is 7.16 Å². The molecule has 1 saturated carbocycles. The monoisotopic (exact) mass is 697 g/mol. The summed E-state index contributed by atoms with van der Waals surface area (Å²) in [6.07, 6.45) is 8.23. The molecule has 34 heavy (non-hydrogen) atoms. The van der Waals surface area contributed by atoms with Gasteiger partial charge in [-0.2, -0.15) is 0 Å². The van der Waals surface area contributed by atoms with Crippen LogP contribution in [0.1, 0.15) is 43.4 Å². The van der Waals surface area contributed by atoms with Crippen molar-refractivity contribution in [1.29, 1.82) is 0 Å². The van der Waals surface area contributed by atoms with E-state index in [1.807, 2.05) is 31.6 Å². The van der Waals surface area contributed by atoms with Gasteiger partial charge in [-0.05, 0) is 0 Å². The molecule has 1 saturated heterocycles. The van der Waals surface area contributed by atoms with E-state index in [1.54, 1.807) is 12.1 Å². The molecule has 176 valence electrons. The number of hydrogen-bond donors (Lipinski definition) is 1. The van der Waals surface area contributed by atoms with Crippen LogP contribution in [0.4, 0.5) is 10.3 Å². The second kappa shape index (κ2) is 10.3. The Balaban J connectivity index is 1.36. The number of nitrogens with zero attached hydrogens (tertiary/aromatic N) is 2. The standard InChI is InChI=1S/C27H26FI2N3S/c28-19-11-9-18(10-12-19)25-26(23-15-16-31-27(33-23)32-21-5-4-6-21)30-20(13-14-24(30)29-25)17-34-22-7-2-1-3-8-22/h1-3,7-12,15-16,20-21H,4-6,13-14,17H2,(H,31,32,33)/t20-/m0/s1. The van der Waals surface area contributed by atoms with Crippen LogP contribution in [0.15, 0.2) is 71.8 Å². The molecule has 0 radical (unpaired) electrons. The Kier molecular flexibility index (Phi) is 7.02. The average molecular weight is 697 g/mol. The molecule has 6 rings (SSSR count). The van der Waals surface area contributed by atoms with Gasteiger partial charge in [0.25, 0.3) is 0 Å². The third-order valence-corrected chi connectivity index (χ3v) is 23.2. The number of benzene rings is 2. The minimum absolute atomic E-state index is 0.167. The van der Waals surface area contributed by atoms with Gasteiger partial charge in [-0.15, -0.1) is 0 Å². The molecule has 1 atom stereocenters. The summed E-state index contributed by atoms with van der Waals surface area (Å²) in [6, 6.07) is 20.6. The molecule has 1 aromatic heterocycles. The van der Waals surface area contributed by atoms with Gasteiger partial charge in [0.15, 0.2) is 0 Å². The molecule has 2 aromatic carbocycles. The number of fused-ring (bicyclic) bond motifs is 1. The van der Waals surface area contributed by atoms with Crippen molar-refractivity contribution in [2.45, 2.75) is 47.0 Å². The molecule has 3 heterocycles. The normalized spacial score (nSPS) is 21.0. The molecule has 0 amide bonds. The summed E-state index contributed by atoms with van der Waals surface area (Å²) in [5, 5.41) is 3.54. The molecule has 3 aliphatic rings. The predicted molar refractivity (Wildman–Crippen MR) is 160 cm³/mol. The van der Waals surface area contributed by atoms with Crippen molar-refractivity contribution in [2.75, 3.05) is 11.1 Å². The van der Waals surface area contributed by atoms with Crippen molar-refractivity contribution in [3.8, 4) is 0 Å². The van der Waals surface area contributed by atoms with Gasteiger partial charge < -0.3 is 0 Å². The number of hydrogen-bond acceptors (Lipinski definition) is 4. The molecule has 0 spiro atoms. The van der Waals surface area contributed by atoms with E-state index in [-0.39, 0.29) is 26.5 Å². The fraction of sp³-hybridized carbons (Fsp3) is 0.296. The van der Waals surface area contributed by atoms with Crippen molar-refractivity contribution in [3.05, 3.63) is 83.9 Å². The zero-order chi connectivity index (χ0) is 22.9. The first kappa shape index (κ1) is 23.1. The summed E-state index contributed by atoms with van der Waals surface area (Å²) in [7, 11) is 0. The fourth-order valence-corrected chi connectivity index (χ4v) is 24.1. The number of anilines is 1. The Bertz CT molecular complexity index is 1240. The van der Waals surface area contributed by atoms with Crippen LogP contribution < -0.4 is 5.32 Å². The van der Waals surface area contributed by atoms with Crippen molar-refractivity contribution >= 4 is 66.9 Å². The van der Waals surface area contributed by atoms with Crippen molar-refractivity contribution in [3.63, 3.8) is 0 Å². The number of halogens is 3. The van der Waals surface area contributed by atoms with Gasteiger partial charge in [-0.3, -0.25) is 0 Å². The van der Waals surface area contributed by atoms with Crippen LogP contribution in [0.2, 0.25) is 0 Å². The Morgan fingerprint density at radius 1 is 1.03 bits per heavy atom. The number of aromatic nitrogens is 2. The van der Waals surface area contributed by atoms with Gasteiger partial charge in [-0.25, -0.2) is 0 Å². The maximum absolute atomic E-state index is 13.7. The zero-order valence-corrected chi connectivity index (χ0v) is 23.8. The van der Waals surface area contributed by atoms with Crippen LogP contribution in [0.5, 0.6) is 0 Å². The molecule has 2 fully saturated rings. The molecule has 3 nitrogen and oxygen atoms in total. The summed E-state index contributed by atoms with van der Waals surface area (Å²) < 4.78 is 19.4. The first-order valence-corrected chi connectivity index (χ1v) is 18.3. The minimum atomic E-state index is -1.54. The van der Waals surface area contributed by atoms with Gasteiger partial charge in [0, 0.05) is 0 Å². The zero-order valence-electron chi connectivity index (χ0n) is 18.7. The first-order valence-electron chi connectivity index (χ1n) is 11.7. The Hall–Kier alpha value is -1.33. The molecule has 7 heteroatoms. The third kappa shape index (κ3) is 4.84. The Labute approximate surface area is 221 Å². The molecular formula is C27H26FI2N3S. The quantitative estimate of drug-likeness (QED) is 0.155. The Morgan fingerprint density at radius 2 is 1.85 bits per heavy atom. The van der Waals surface area contributed by atoms with Crippen molar-refractivity contribution in [2.24, 2.45) is 0 Å². The molecule has 1 aliphatic carbocycles. The summed E-state index contributed by atoms with van der Waals surface area (Å²) in [5.74, 6) is 1.78. The van der Waals surface area contributed by atoms with E-state index < -0.39 is 19.8 Å². The molecule has 3 aromatic rings. The molecule has 0 bridgehead atoms. The van der Waals surface area contributed by atoms with Crippen LogP contribution >= 0.6 is 52.3 Å². The number of thioether (sulfide) groups is 1. The van der Waals surface area contributed by atoms with Crippen LogP contribution in [-0.4, -0.2) is 27.2 Å². The third-order valence-electron chi connectivity index (χ3n) is 6.36. The van der Waals surface area contributed by atoms with E-state index >= 15 is 0 Å². The van der Waals surface area contributed by atoms with E-state index in [1.165, 1.54) is 55.5 Å². The van der Waals surface area contributed by atoms with E-state index in [9.17, 15) is 4.39 Å². The van der Waals surface area contributed by atoms with Gasteiger partial charge >= 0.3 is 223 Å². The molecule has 1 N–H and O–H groups in total. The molecular weight excluding hydrogens is 671 g/mol. The van der Waals surface area contributed by atoms with Crippen LogP contribution in [-0.2, 0) is 0 Å². The van der Waals surface area contributed by atoms with E-state index in [2.05, 4.69) is 46.7 Å². The van der Waals surface area contributed by atoms with E-state index in [0.29, 0.717) is 6.04 Å². The summed E-state index contributed by atoms with van der Waals surface area (Å²) in [6.45, 7) is 0. The van der Waals surface area contributed by atoms with Crippen molar-refractivity contribution in [1.82, 2.24) is 9.97 Å². The summed E-state index contributed by atoms with van der Waals surface area (Å²) >= 11 is 0.279. The fourth-order valence-electron chi connectivity index (χ4n) is 4.35. The van der Waals surface area contributed by atoms with E-state index in [0.717, 1.165) is 15.6 Å². The van der Waals surface area contributed by atoms with Crippen LogP contribution in [0.3, 0.4) is 0 Å². The molecule has 2 aliphatic heterocycles. The topological polar surface area (TPSA) is 37.8 Å². The number of rotatable bonds is 7. The van der Waals surface area contributed by atoms with Gasteiger partial charge in [-0.1, -0.05) is 0 Å². The second-order valence-corrected chi connectivity index (χ2v) is 20.7. The Morgan fingerprint density at radius 3 is 2.62 bits per heavy atom. The van der Waals surface area contributed by atoms with Gasteiger partial charge in [0.05, 0.1) is 0 Å². The maximum atomic E-state index is 13.7. The average Bonchev–Trinajstić information content (AvgIpc) is 3.41. The van der Waals surface area contributed by atoms with Crippen LogP contribution in [0, 0.1) is 5.82 Å². The SMILES string of the molecule is Fc1ccc(C2=C(c3ccnc(NC4CCC4)n3)I3C(=I2)CC[C@H]3CSc2ccccc2)cc1. The first-order chi connectivity index (χ1) is 16.7. The van der Waals surface area contributed by atoms with Gasteiger partial charge in [0.2, 0.25) is 0 Å². The van der Waals surface area contributed by atoms with Gasteiger partial charge in [0.1, 0.15) is 0 Å². The summed E-state index contributed by atoms with van der Waals surface area (Å²) in [5.41, 5.74) is 2.32. The summed E-state index contributed by atoms with van der Waals surface area (Å²) in [4.78, 5) is 11.0. The number of nitrogens with one attached hydrogen (secondary N) is 1.